The molecule has 1 fully saturated rings. The molecule has 1 aliphatic rings. The first kappa shape index (κ1) is 12.2. The molecule has 0 bridgehead atoms. The second-order valence-electron chi connectivity index (χ2n) is 5.23. The van der Waals surface area contributed by atoms with Crippen LogP contribution in [0.25, 0.3) is 0 Å². The van der Waals surface area contributed by atoms with E-state index in [0.29, 0.717) is 0 Å². The second kappa shape index (κ2) is 5.39. The Labute approximate surface area is 104 Å². The summed E-state index contributed by atoms with van der Waals surface area (Å²) in [5.74, 6) is 1.88. The van der Waals surface area contributed by atoms with Crippen LogP contribution in [0.4, 0.5) is 11.5 Å². The molecule has 17 heavy (non-hydrogen) atoms. The van der Waals surface area contributed by atoms with Crippen LogP contribution in [0, 0.1) is 12.8 Å². The van der Waals surface area contributed by atoms with Crippen LogP contribution in [-0.4, -0.2) is 18.6 Å². The van der Waals surface area contributed by atoms with Gasteiger partial charge in [-0.2, -0.15) is 0 Å². The van der Waals surface area contributed by atoms with Crippen LogP contribution >= 0.6 is 0 Å². The van der Waals surface area contributed by atoms with Gasteiger partial charge in [0.05, 0.1) is 11.4 Å². The Morgan fingerprint density at radius 3 is 2.65 bits per heavy atom. The number of nitrogen functional groups attached to an aromatic ring is 1. The van der Waals surface area contributed by atoms with Crippen LogP contribution in [0.1, 0.15) is 37.8 Å². The Morgan fingerprint density at radius 1 is 1.29 bits per heavy atom. The summed E-state index contributed by atoms with van der Waals surface area (Å²) in [7, 11) is 2.13. The van der Waals surface area contributed by atoms with E-state index in [4.69, 9.17) is 5.73 Å². The largest absolute Gasteiger partial charge is 0.397 e. The van der Waals surface area contributed by atoms with Crippen LogP contribution in [0.15, 0.2) is 12.1 Å². The lowest BCUT2D eigenvalue weighted by molar-refractivity contribution is 0.361. The number of rotatable bonds is 3. The zero-order valence-electron chi connectivity index (χ0n) is 10.9. The van der Waals surface area contributed by atoms with E-state index in [9.17, 15) is 0 Å². The van der Waals surface area contributed by atoms with Crippen LogP contribution in [0.2, 0.25) is 0 Å². The Kier molecular flexibility index (Phi) is 3.87. The highest BCUT2D eigenvalue weighted by Crippen LogP contribution is 2.25. The summed E-state index contributed by atoms with van der Waals surface area (Å²) in [6, 6.07) is 3.97. The van der Waals surface area contributed by atoms with Crippen molar-refractivity contribution >= 4 is 11.5 Å². The summed E-state index contributed by atoms with van der Waals surface area (Å²) in [6.07, 6.45) is 6.95. The predicted molar refractivity (Wildman–Crippen MR) is 73.2 cm³/mol. The molecule has 0 spiro atoms. The van der Waals surface area contributed by atoms with Crippen molar-refractivity contribution in [2.45, 2.75) is 39.0 Å². The van der Waals surface area contributed by atoms with Gasteiger partial charge in [0.15, 0.2) is 0 Å². The van der Waals surface area contributed by atoms with Crippen LogP contribution < -0.4 is 10.6 Å². The SMILES string of the molecule is Cc1nc(N(C)CC2CCCCC2)ccc1N. The Hall–Kier alpha value is -1.25. The van der Waals surface area contributed by atoms with Crippen LogP contribution in [0.3, 0.4) is 0 Å². The average molecular weight is 233 g/mol. The van der Waals surface area contributed by atoms with Crippen molar-refractivity contribution < 1.29 is 0 Å². The number of nitrogens with zero attached hydrogens (tertiary/aromatic N) is 2. The van der Waals surface area contributed by atoms with Crippen LogP contribution in [0.5, 0.6) is 0 Å². The van der Waals surface area contributed by atoms with Crippen LogP contribution in [-0.2, 0) is 0 Å². The third-order valence-corrected chi connectivity index (χ3v) is 3.76. The highest BCUT2D eigenvalue weighted by atomic mass is 15.2. The molecule has 94 valence electrons. The standard InChI is InChI=1S/C14H23N3/c1-11-13(15)8-9-14(16-11)17(2)10-12-6-4-3-5-7-12/h8-9,12H,3-7,10,15H2,1-2H3. The third-order valence-electron chi connectivity index (χ3n) is 3.76. The Balaban J connectivity index is 1.98. The lowest BCUT2D eigenvalue weighted by Crippen LogP contribution is -2.27. The van der Waals surface area contributed by atoms with E-state index in [0.717, 1.165) is 29.7 Å². The summed E-state index contributed by atoms with van der Waals surface area (Å²) < 4.78 is 0. The first-order chi connectivity index (χ1) is 8.16. The zero-order chi connectivity index (χ0) is 12.3. The van der Waals surface area contributed by atoms with Gasteiger partial charge in [-0.3, -0.25) is 0 Å². The predicted octanol–water partition coefficient (Wildman–Crippen LogP) is 2.99. The van der Waals surface area contributed by atoms with E-state index in [1.165, 1.54) is 32.1 Å². The number of aryl methyl sites for hydroxylation is 1. The molecule has 0 amide bonds. The average Bonchev–Trinajstić information content (AvgIpc) is 2.34. The van der Waals surface area contributed by atoms with E-state index >= 15 is 0 Å². The van der Waals surface area contributed by atoms with Gasteiger partial charge < -0.3 is 10.6 Å². The van der Waals surface area contributed by atoms with Gasteiger partial charge in [-0.1, -0.05) is 19.3 Å². The van der Waals surface area contributed by atoms with E-state index in [1.54, 1.807) is 0 Å². The van der Waals surface area contributed by atoms with Crippen molar-refractivity contribution in [3.05, 3.63) is 17.8 Å². The second-order valence-corrected chi connectivity index (χ2v) is 5.23. The quantitative estimate of drug-likeness (QED) is 0.872. The van der Waals surface area contributed by atoms with Gasteiger partial charge in [0.2, 0.25) is 0 Å². The van der Waals surface area contributed by atoms with Crippen molar-refractivity contribution in [2.24, 2.45) is 5.92 Å². The summed E-state index contributed by atoms with van der Waals surface area (Å²) in [5, 5.41) is 0. The van der Waals surface area contributed by atoms with E-state index in [1.807, 2.05) is 19.1 Å². The normalized spacial score (nSPS) is 17.1. The van der Waals surface area contributed by atoms with Crippen molar-refractivity contribution in [1.82, 2.24) is 4.98 Å². The Morgan fingerprint density at radius 2 is 2.00 bits per heavy atom. The van der Waals surface area contributed by atoms with Gasteiger partial charge >= 0.3 is 0 Å². The molecule has 2 rings (SSSR count). The molecule has 1 aromatic rings. The molecule has 3 heteroatoms. The summed E-state index contributed by atoms with van der Waals surface area (Å²) >= 11 is 0. The maximum Gasteiger partial charge on any atom is 0.128 e. The number of nitrogens with two attached hydrogens (primary N) is 1. The summed E-state index contributed by atoms with van der Waals surface area (Å²) in [4.78, 5) is 6.81. The molecule has 1 heterocycles. The molecule has 0 aromatic carbocycles. The van der Waals surface area contributed by atoms with Gasteiger partial charge in [0, 0.05) is 13.6 Å². The highest BCUT2D eigenvalue weighted by molar-refractivity contribution is 5.50. The number of anilines is 2. The minimum Gasteiger partial charge on any atom is -0.397 e. The molecule has 1 aromatic heterocycles. The zero-order valence-corrected chi connectivity index (χ0v) is 10.9. The highest BCUT2D eigenvalue weighted by Gasteiger charge is 2.16. The third kappa shape index (κ3) is 3.11. The molecule has 0 unspecified atom stereocenters. The summed E-state index contributed by atoms with van der Waals surface area (Å²) in [5.41, 5.74) is 7.50. The molecular weight excluding hydrogens is 210 g/mol. The molecule has 1 saturated carbocycles. The van der Waals surface area contributed by atoms with Gasteiger partial charge in [0.25, 0.3) is 0 Å². The number of hydrogen-bond acceptors (Lipinski definition) is 3. The van der Waals surface area contributed by atoms with Crippen molar-refractivity contribution in [2.75, 3.05) is 24.2 Å². The molecular formula is C14H23N3. The molecule has 3 nitrogen and oxygen atoms in total. The van der Waals surface area contributed by atoms with Gasteiger partial charge in [0.1, 0.15) is 5.82 Å². The molecule has 1 aliphatic carbocycles. The monoisotopic (exact) mass is 233 g/mol. The van der Waals surface area contributed by atoms with Crippen molar-refractivity contribution in [3.63, 3.8) is 0 Å². The minimum absolute atomic E-state index is 0.778. The lowest BCUT2D eigenvalue weighted by atomic mass is 9.89. The van der Waals surface area contributed by atoms with Gasteiger partial charge in [-0.15, -0.1) is 0 Å². The molecule has 0 aliphatic heterocycles. The van der Waals surface area contributed by atoms with Crippen molar-refractivity contribution in [3.8, 4) is 0 Å². The van der Waals surface area contributed by atoms with Gasteiger partial charge in [-0.05, 0) is 37.8 Å². The summed E-state index contributed by atoms with van der Waals surface area (Å²) in [6.45, 7) is 3.09. The fraction of sp³-hybridized carbons (Fsp3) is 0.643. The van der Waals surface area contributed by atoms with Crippen molar-refractivity contribution in [1.29, 1.82) is 0 Å². The first-order valence-electron chi connectivity index (χ1n) is 6.61. The minimum atomic E-state index is 0.778. The number of aromatic nitrogens is 1. The molecule has 2 N–H and O–H groups in total. The maximum absolute atomic E-state index is 5.79. The fourth-order valence-corrected chi connectivity index (χ4v) is 2.62. The molecule has 0 saturated heterocycles. The van der Waals surface area contributed by atoms with Gasteiger partial charge in [-0.25, -0.2) is 4.98 Å². The topological polar surface area (TPSA) is 42.2 Å². The number of pyridine rings is 1. The maximum atomic E-state index is 5.79. The molecule has 0 radical (unpaired) electrons. The smallest absolute Gasteiger partial charge is 0.128 e. The van der Waals surface area contributed by atoms with E-state index in [-0.39, 0.29) is 0 Å². The fourth-order valence-electron chi connectivity index (χ4n) is 2.62. The first-order valence-corrected chi connectivity index (χ1v) is 6.61. The van der Waals surface area contributed by atoms with E-state index < -0.39 is 0 Å². The van der Waals surface area contributed by atoms with E-state index in [2.05, 4.69) is 16.9 Å². The lowest BCUT2D eigenvalue weighted by Gasteiger charge is -2.27. The Bertz CT molecular complexity index is 370. The molecule has 0 atom stereocenters. The number of hydrogen-bond donors (Lipinski definition) is 1.